The molecule has 19 heavy (non-hydrogen) atoms. The second-order valence-corrected chi connectivity index (χ2v) is 4.33. The quantitative estimate of drug-likeness (QED) is 0.646. The summed E-state index contributed by atoms with van der Waals surface area (Å²) in [6.07, 6.45) is 2.38. The number of phenolic OH excluding ortho intramolecular Hbond substituents is 1. The maximum Gasteiger partial charge on any atom is 0.507 e. The van der Waals surface area contributed by atoms with Crippen molar-refractivity contribution in [1.82, 2.24) is 5.01 Å². The Morgan fingerprint density at radius 2 is 2.11 bits per heavy atom. The number of phenols is 1. The van der Waals surface area contributed by atoms with Crippen molar-refractivity contribution in [1.29, 1.82) is 0 Å². The van der Waals surface area contributed by atoms with E-state index in [2.05, 4.69) is 5.10 Å². The molecule has 1 fully saturated rings. The number of nitrogens with zero attached hydrogens (tertiary/aromatic N) is 2. The molecule has 1 saturated heterocycles. The lowest BCUT2D eigenvalue weighted by molar-refractivity contribution is -0.0538. The smallest absolute Gasteiger partial charge is 0.507 e. The Hall–Kier alpha value is -2.24. The number of benzene rings is 1. The third-order valence-corrected chi connectivity index (χ3v) is 2.91. The van der Waals surface area contributed by atoms with E-state index >= 15 is 0 Å². The molecule has 102 valence electrons. The summed E-state index contributed by atoms with van der Waals surface area (Å²) in [4.78, 5) is 10.6. The summed E-state index contributed by atoms with van der Waals surface area (Å²) >= 11 is 0. The van der Waals surface area contributed by atoms with Crippen molar-refractivity contribution in [2.45, 2.75) is 25.5 Å². The summed E-state index contributed by atoms with van der Waals surface area (Å²) in [5, 5.41) is 23.7. The molecule has 1 aromatic carbocycles. The maximum absolute atomic E-state index is 10.6. The fourth-order valence-corrected chi connectivity index (χ4v) is 1.96. The fourth-order valence-electron chi connectivity index (χ4n) is 1.96. The minimum atomic E-state index is -1.28. The first-order valence-electron chi connectivity index (χ1n) is 6.14. The van der Waals surface area contributed by atoms with Gasteiger partial charge in [0.05, 0.1) is 6.21 Å². The topological polar surface area (TPSA) is 82.4 Å². The first kappa shape index (κ1) is 13.2. The van der Waals surface area contributed by atoms with Gasteiger partial charge in [0.1, 0.15) is 5.75 Å². The van der Waals surface area contributed by atoms with Crippen LogP contribution in [-0.2, 0) is 4.74 Å². The van der Waals surface area contributed by atoms with E-state index in [1.165, 1.54) is 0 Å². The average molecular weight is 264 g/mol. The third kappa shape index (κ3) is 3.87. The number of hydrazone groups is 1. The minimum Gasteiger partial charge on any atom is -0.508 e. The second-order valence-electron chi connectivity index (χ2n) is 4.33. The Bertz CT molecular complexity index is 458. The fraction of sp³-hybridized carbons (Fsp3) is 0.385. The molecule has 1 atom stereocenters. The lowest BCUT2D eigenvalue weighted by atomic mass is 10.1. The van der Waals surface area contributed by atoms with E-state index in [-0.39, 0.29) is 5.75 Å². The van der Waals surface area contributed by atoms with Crippen LogP contribution in [0.3, 0.4) is 0 Å². The molecule has 0 amide bonds. The standard InChI is InChI=1S/C13H16N2O4/c16-11-6-4-10(5-7-11)9-14-15-8-2-1-3-12(15)19-13(17)18/h4-7,9,12,16H,1-3,8H2,(H,17,18)/b14-9+. The van der Waals surface area contributed by atoms with Gasteiger partial charge < -0.3 is 14.9 Å². The predicted molar refractivity (Wildman–Crippen MR) is 69.2 cm³/mol. The molecule has 2 N–H and O–H groups in total. The molecule has 0 saturated carbocycles. The van der Waals surface area contributed by atoms with E-state index < -0.39 is 12.4 Å². The Morgan fingerprint density at radius 1 is 1.37 bits per heavy atom. The van der Waals surface area contributed by atoms with Gasteiger partial charge in [-0.1, -0.05) is 0 Å². The number of ether oxygens (including phenoxy) is 1. The van der Waals surface area contributed by atoms with Crippen LogP contribution in [0.2, 0.25) is 0 Å². The summed E-state index contributed by atoms with van der Waals surface area (Å²) < 4.78 is 4.80. The summed E-state index contributed by atoms with van der Waals surface area (Å²) in [5.41, 5.74) is 0.831. The molecule has 1 heterocycles. The predicted octanol–water partition coefficient (Wildman–Crippen LogP) is 2.23. The molecule has 1 aliphatic rings. The van der Waals surface area contributed by atoms with Crippen molar-refractivity contribution in [2.24, 2.45) is 5.10 Å². The number of piperidine rings is 1. The number of carboxylic acid groups (broad SMARTS) is 1. The summed E-state index contributed by atoms with van der Waals surface area (Å²) in [5.74, 6) is 0.196. The van der Waals surface area contributed by atoms with E-state index in [1.807, 2.05) is 0 Å². The number of hydrogen-bond donors (Lipinski definition) is 2. The van der Waals surface area contributed by atoms with Crippen LogP contribution in [0, 0.1) is 0 Å². The normalized spacial score (nSPS) is 19.6. The highest BCUT2D eigenvalue weighted by atomic mass is 16.7. The Kier molecular flexibility index (Phi) is 4.22. The van der Waals surface area contributed by atoms with Crippen LogP contribution in [0.1, 0.15) is 24.8 Å². The highest BCUT2D eigenvalue weighted by molar-refractivity contribution is 5.79. The molecule has 1 unspecified atom stereocenters. The lowest BCUT2D eigenvalue weighted by Gasteiger charge is -2.31. The molecule has 6 heteroatoms. The van der Waals surface area contributed by atoms with Crippen molar-refractivity contribution in [3.05, 3.63) is 29.8 Å². The molecule has 0 aromatic heterocycles. The number of hydrogen-bond acceptors (Lipinski definition) is 5. The van der Waals surface area contributed by atoms with Gasteiger partial charge in [0, 0.05) is 13.0 Å². The summed E-state index contributed by atoms with van der Waals surface area (Å²) in [6.45, 7) is 0.673. The molecule has 1 aliphatic heterocycles. The zero-order valence-electron chi connectivity index (χ0n) is 10.4. The van der Waals surface area contributed by atoms with Crippen LogP contribution in [0.5, 0.6) is 5.75 Å². The molecular formula is C13H16N2O4. The van der Waals surface area contributed by atoms with Crippen molar-refractivity contribution < 1.29 is 19.7 Å². The second kappa shape index (κ2) is 6.08. The monoisotopic (exact) mass is 264 g/mol. The number of rotatable bonds is 3. The number of aromatic hydroxyl groups is 1. The number of carbonyl (C=O) groups is 1. The highest BCUT2D eigenvalue weighted by Gasteiger charge is 2.24. The SMILES string of the molecule is O=C(O)OC1CCCCN1/N=C/c1ccc(O)cc1. The van der Waals surface area contributed by atoms with E-state index in [9.17, 15) is 9.90 Å². The van der Waals surface area contributed by atoms with Gasteiger partial charge in [0.15, 0.2) is 6.23 Å². The molecule has 1 aromatic rings. The Balaban J connectivity index is 2.02. The third-order valence-electron chi connectivity index (χ3n) is 2.91. The van der Waals surface area contributed by atoms with Crippen LogP contribution in [0.4, 0.5) is 4.79 Å². The van der Waals surface area contributed by atoms with Crippen LogP contribution < -0.4 is 0 Å². The van der Waals surface area contributed by atoms with Gasteiger partial charge in [-0.3, -0.25) is 5.01 Å². The van der Waals surface area contributed by atoms with E-state index in [0.717, 1.165) is 18.4 Å². The first-order chi connectivity index (χ1) is 9.15. The zero-order valence-corrected chi connectivity index (χ0v) is 10.4. The molecule has 0 aliphatic carbocycles. The Morgan fingerprint density at radius 3 is 2.79 bits per heavy atom. The lowest BCUT2D eigenvalue weighted by Crippen LogP contribution is -2.38. The van der Waals surface area contributed by atoms with Gasteiger partial charge in [0.25, 0.3) is 0 Å². The van der Waals surface area contributed by atoms with Crippen LogP contribution in [0.15, 0.2) is 29.4 Å². The van der Waals surface area contributed by atoms with Gasteiger partial charge in [-0.05, 0) is 42.7 Å². The van der Waals surface area contributed by atoms with Gasteiger partial charge in [-0.2, -0.15) is 5.10 Å². The minimum absolute atomic E-state index is 0.196. The molecule has 2 rings (SSSR count). The van der Waals surface area contributed by atoms with Crippen LogP contribution in [0.25, 0.3) is 0 Å². The molecular weight excluding hydrogens is 248 g/mol. The van der Waals surface area contributed by atoms with Gasteiger partial charge in [-0.25, -0.2) is 4.79 Å². The molecule has 6 nitrogen and oxygen atoms in total. The zero-order chi connectivity index (χ0) is 13.7. The Labute approximate surface area is 110 Å². The van der Waals surface area contributed by atoms with Crippen molar-refractivity contribution in [2.75, 3.05) is 6.54 Å². The van der Waals surface area contributed by atoms with Crippen molar-refractivity contribution in [3.63, 3.8) is 0 Å². The first-order valence-corrected chi connectivity index (χ1v) is 6.14. The maximum atomic E-state index is 10.6. The highest BCUT2D eigenvalue weighted by Crippen LogP contribution is 2.18. The van der Waals surface area contributed by atoms with Crippen molar-refractivity contribution in [3.8, 4) is 5.75 Å². The summed E-state index contributed by atoms with van der Waals surface area (Å²) in [7, 11) is 0. The molecule has 0 bridgehead atoms. The van der Waals surface area contributed by atoms with E-state index in [4.69, 9.17) is 9.84 Å². The van der Waals surface area contributed by atoms with Crippen LogP contribution in [-0.4, -0.2) is 40.4 Å². The van der Waals surface area contributed by atoms with E-state index in [1.54, 1.807) is 35.5 Å². The van der Waals surface area contributed by atoms with Crippen molar-refractivity contribution >= 4 is 12.4 Å². The van der Waals surface area contributed by atoms with Gasteiger partial charge >= 0.3 is 6.16 Å². The average Bonchev–Trinajstić information content (AvgIpc) is 2.39. The summed E-state index contributed by atoms with van der Waals surface area (Å²) in [6, 6.07) is 6.61. The van der Waals surface area contributed by atoms with Gasteiger partial charge in [-0.15, -0.1) is 0 Å². The van der Waals surface area contributed by atoms with Crippen LogP contribution >= 0.6 is 0 Å². The molecule has 0 radical (unpaired) electrons. The van der Waals surface area contributed by atoms with Gasteiger partial charge in [0.2, 0.25) is 0 Å². The largest absolute Gasteiger partial charge is 0.508 e. The van der Waals surface area contributed by atoms with E-state index in [0.29, 0.717) is 13.0 Å². The molecule has 0 spiro atoms.